The topological polar surface area (TPSA) is 89.0 Å². The predicted molar refractivity (Wildman–Crippen MR) is 147 cm³/mol. The lowest BCUT2D eigenvalue weighted by Crippen LogP contribution is -2.28. The van der Waals surface area contributed by atoms with E-state index < -0.39 is 17.7 Å². The Labute approximate surface area is 222 Å². The Kier molecular flexibility index (Phi) is 6.99. The summed E-state index contributed by atoms with van der Waals surface area (Å²) in [6.07, 6.45) is 0. The summed E-state index contributed by atoms with van der Waals surface area (Å²) in [6.45, 7) is 7.06. The quantitative estimate of drug-likeness (QED) is 0.159. The Morgan fingerprint density at radius 1 is 1.08 bits per heavy atom. The number of carbonyl (C=O) groups excluding carboxylic acids is 2. The molecule has 1 fully saturated rings. The second kappa shape index (κ2) is 10.4. The first kappa shape index (κ1) is 25.0. The van der Waals surface area contributed by atoms with Crippen LogP contribution in [0.4, 0.5) is 5.13 Å². The molecule has 1 aliphatic rings. The van der Waals surface area contributed by atoms with Crippen LogP contribution in [0.15, 0.2) is 65.6 Å². The highest BCUT2D eigenvalue weighted by atomic mass is 32.1. The number of ketones is 1. The fraction of sp³-hybridized carbons (Fsp3) is 0.250. The molecule has 0 spiro atoms. The van der Waals surface area contributed by atoms with Crippen molar-refractivity contribution in [2.24, 2.45) is 5.92 Å². The largest absolute Gasteiger partial charge is 0.507 e. The molecule has 3 heterocycles. The van der Waals surface area contributed by atoms with Crippen molar-refractivity contribution in [3.8, 4) is 11.5 Å². The van der Waals surface area contributed by atoms with Crippen LogP contribution in [0.3, 0.4) is 0 Å². The molecule has 9 heteroatoms. The van der Waals surface area contributed by atoms with Gasteiger partial charge in [-0.25, -0.2) is 4.98 Å². The van der Waals surface area contributed by atoms with E-state index in [1.165, 1.54) is 27.6 Å². The van der Waals surface area contributed by atoms with E-state index in [-0.39, 0.29) is 11.3 Å². The molecule has 1 N–H and O–H groups in total. The van der Waals surface area contributed by atoms with Gasteiger partial charge >= 0.3 is 5.91 Å². The number of ether oxygens (including phenoxy) is 2. The summed E-state index contributed by atoms with van der Waals surface area (Å²) < 4.78 is 12.2. The van der Waals surface area contributed by atoms with Crippen LogP contribution in [-0.2, 0) is 9.59 Å². The van der Waals surface area contributed by atoms with Crippen molar-refractivity contribution < 1.29 is 24.2 Å². The molecule has 5 rings (SSSR count). The van der Waals surface area contributed by atoms with E-state index in [1.807, 2.05) is 56.5 Å². The van der Waals surface area contributed by atoms with Crippen LogP contribution in [0.1, 0.15) is 37.3 Å². The van der Waals surface area contributed by atoms with Crippen molar-refractivity contribution in [3.05, 3.63) is 76.0 Å². The number of carbonyl (C=O) groups is 2. The number of aliphatic hydroxyl groups excluding tert-OH is 1. The molecule has 7 nitrogen and oxygen atoms in total. The van der Waals surface area contributed by atoms with E-state index in [4.69, 9.17) is 9.47 Å². The molecule has 2 aromatic heterocycles. The predicted octanol–water partition coefficient (Wildman–Crippen LogP) is 6.42. The minimum absolute atomic E-state index is 0.0303. The lowest BCUT2D eigenvalue weighted by Gasteiger charge is -2.21. The molecule has 2 aromatic carbocycles. The normalized spacial score (nSPS) is 17.2. The minimum Gasteiger partial charge on any atom is -0.507 e. The smallest absolute Gasteiger partial charge is 0.301 e. The van der Waals surface area contributed by atoms with Gasteiger partial charge in [0.2, 0.25) is 0 Å². The summed E-state index contributed by atoms with van der Waals surface area (Å²) in [4.78, 5) is 33.6. The van der Waals surface area contributed by atoms with E-state index in [1.54, 1.807) is 24.3 Å². The maximum absolute atomic E-state index is 13.4. The second-order valence-electron chi connectivity index (χ2n) is 8.98. The molecule has 0 bridgehead atoms. The Morgan fingerprint density at radius 3 is 2.62 bits per heavy atom. The van der Waals surface area contributed by atoms with E-state index >= 15 is 0 Å². The Bertz CT molecular complexity index is 1490. The number of nitrogens with zero attached hydrogens (tertiary/aromatic N) is 2. The number of aromatic nitrogens is 1. The van der Waals surface area contributed by atoms with E-state index in [0.717, 1.165) is 9.58 Å². The zero-order valence-electron chi connectivity index (χ0n) is 20.6. The summed E-state index contributed by atoms with van der Waals surface area (Å²) in [6, 6.07) is 15.4. The molecule has 0 aliphatic carbocycles. The van der Waals surface area contributed by atoms with Crippen LogP contribution in [0.2, 0.25) is 0 Å². The van der Waals surface area contributed by atoms with Crippen LogP contribution < -0.4 is 14.4 Å². The molecule has 1 amide bonds. The number of Topliss-reactive ketones (excluding diaryl/α,β-unsaturated/α-hetero) is 1. The molecule has 0 saturated carbocycles. The van der Waals surface area contributed by atoms with Crippen molar-refractivity contribution >= 4 is 55.5 Å². The summed E-state index contributed by atoms with van der Waals surface area (Å²) in [7, 11) is 0. The third kappa shape index (κ3) is 4.84. The number of hydrogen-bond donors (Lipinski definition) is 1. The Morgan fingerprint density at radius 2 is 1.89 bits per heavy atom. The van der Waals surface area contributed by atoms with Gasteiger partial charge in [-0.1, -0.05) is 43.4 Å². The second-order valence-corrected chi connectivity index (χ2v) is 11.0. The number of amides is 1. The fourth-order valence-corrected chi connectivity index (χ4v) is 5.99. The standard InChI is InChI=1S/C28H26N2O5S2/c1-4-34-19-10-11-20-22(14-19)37-28(29-20)30-24(21-9-6-12-36-21)23(26(32)27(30)33)25(31)17-7-5-8-18(13-17)35-15-16(2)3/h5-14,16,24,31H,4,15H2,1-3H3/b25-23+. The average molecular weight is 535 g/mol. The van der Waals surface area contributed by atoms with E-state index in [9.17, 15) is 14.7 Å². The lowest BCUT2D eigenvalue weighted by molar-refractivity contribution is -0.132. The first-order chi connectivity index (χ1) is 17.9. The Balaban J connectivity index is 1.60. The first-order valence-electron chi connectivity index (χ1n) is 12.0. The summed E-state index contributed by atoms with van der Waals surface area (Å²) in [5.74, 6) is -0.0960. The van der Waals surface area contributed by atoms with Crippen molar-refractivity contribution in [2.45, 2.75) is 26.8 Å². The maximum atomic E-state index is 13.4. The average Bonchev–Trinajstić information content (AvgIpc) is 3.61. The van der Waals surface area contributed by atoms with Gasteiger partial charge in [0.1, 0.15) is 23.3 Å². The van der Waals surface area contributed by atoms with E-state index in [0.29, 0.717) is 46.8 Å². The molecule has 190 valence electrons. The summed E-state index contributed by atoms with van der Waals surface area (Å²) >= 11 is 2.72. The lowest BCUT2D eigenvalue weighted by atomic mass is 10.00. The van der Waals surface area contributed by atoms with Gasteiger partial charge in [-0.2, -0.15) is 0 Å². The van der Waals surface area contributed by atoms with Gasteiger partial charge in [-0.15, -0.1) is 11.3 Å². The van der Waals surface area contributed by atoms with Gasteiger partial charge in [0, 0.05) is 10.4 Å². The van der Waals surface area contributed by atoms with Crippen LogP contribution in [0.5, 0.6) is 11.5 Å². The molecular weight excluding hydrogens is 508 g/mol. The number of aliphatic hydroxyl groups is 1. The van der Waals surface area contributed by atoms with Crippen molar-refractivity contribution in [3.63, 3.8) is 0 Å². The molecule has 0 radical (unpaired) electrons. The van der Waals surface area contributed by atoms with Crippen LogP contribution >= 0.6 is 22.7 Å². The Hall–Kier alpha value is -3.69. The summed E-state index contributed by atoms with van der Waals surface area (Å²) in [5, 5.41) is 13.6. The molecule has 4 aromatic rings. The van der Waals surface area contributed by atoms with Crippen LogP contribution in [-0.4, -0.2) is 35.0 Å². The first-order valence-corrected chi connectivity index (χ1v) is 13.7. The molecule has 1 unspecified atom stereocenters. The summed E-state index contributed by atoms with van der Waals surface area (Å²) in [5.41, 5.74) is 1.14. The van der Waals surface area contributed by atoms with Gasteiger partial charge in [0.15, 0.2) is 5.13 Å². The van der Waals surface area contributed by atoms with Crippen LogP contribution in [0.25, 0.3) is 16.0 Å². The highest BCUT2D eigenvalue weighted by molar-refractivity contribution is 7.22. The van der Waals surface area contributed by atoms with Gasteiger partial charge in [-0.05, 0) is 54.6 Å². The number of hydrogen-bond acceptors (Lipinski definition) is 8. The minimum atomic E-state index is -0.799. The van der Waals surface area contributed by atoms with Crippen molar-refractivity contribution in [1.82, 2.24) is 4.98 Å². The highest BCUT2D eigenvalue weighted by Gasteiger charge is 2.48. The number of rotatable bonds is 8. The zero-order chi connectivity index (χ0) is 26.1. The van der Waals surface area contributed by atoms with Crippen molar-refractivity contribution in [2.75, 3.05) is 18.1 Å². The molecule has 37 heavy (non-hydrogen) atoms. The monoisotopic (exact) mass is 534 g/mol. The molecule has 1 atom stereocenters. The number of thiazole rings is 1. The van der Waals surface area contributed by atoms with Crippen LogP contribution in [0, 0.1) is 5.92 Å². The molecule has 1 aliphatic heterocycles. The third-order valence-electron chi connectivity index (χ3n) is 5.81. The number of benzene rings is 2. The third-order valence-corrected chi connectivity index (χ3v) is 7.76. The number of fused-ring (bicyclic) bond motifs is 1. The van der Waals surface area contributed by atoms with Crippen molar-refractivity contribution in [1.29, 1.82) is 0 Å². The SMILES string of the molecule is CCOc1ccc2nc(N3C(=O)C(=O)/C(=C(/O)c4cccc(OCC(C)C)c4)C3c3cccs3)sc2c1. The fourth-order valence-electron chi connectivity index (χ4n) is 4.15. The van der Waals surface area contributed by atoms with Gasteiger partial charge in [0.05, 0.1) is 29.0 Å². The zero-order valence-corrected chi connectivity index (χ0v) is 22.3. The van der Waals surface area contributed by atoms with E-state index in [2.05, 4.69) is 4.98 Å². The molecular formula is C28H26N2O5S2. The molecule has 1 saturated heterocycles. The highest BCUT2D eigenvalue weighted by Crippen LogP contribution is 2.45. The number of anilines is 1. The van der Waals surface area contributed by atoms with Gasteiger partial charge < -0.3 is 14.6 Å². The maximum Gasteiger partial charge on any atom is 0.301 e. The van der Waals surface area contributed by atoms with Gasteiger partial charge in [-0.3, -0.25) is 14.5 Å². The van der Waals surface area contributed by atoms with Gasteiger partial charge in [0.25, 0.3) is 5.78 Å². The number of thiophene rings is 1.